The molecular formula is C18H25ClN4O2. The molecule has 0 spiro atoms. The number of hydrogen-bond donors (Lipinski definition) is 4. The van der Waals surface area contributed by atoms with Crippen molar-refractivity contribution in [1.29, 1.82) is 0 Å². The minimum Gasteiger partial charge on any atom is -0.356 e. The van der Waals surface area contributed by atoms with E-state index in [-0.39, 0.29) is 23.8 Å². The normalized spacial score (nSPS) is 25.2. The van der Waals surface area contributed by atoms with E-state index in [1.807, 2.05) is 0 Å². The highest BCUT2D eigenvalue weighted by atomic mass is 35.5. The number of amides is 2. The molecular weight excluding hydrogens is 340 g/mol. The SMILES string of the molecule is O=C(CCCNC(=O)C1CCCC2CNNC21)Nc1ccc(Cl)cc1. The Balaban J connectivity index is 1.35. The molecule has 2 aliphatic rings. The first kappa shape index (κ1) is 18.2. The summed E-state index contributed by atoms with van der Waals surface area (Å²) in [7, 11) is 0. The average molecular weight is 365 g/mol. The largest absolute Gasteiger partial charge is 0.356 e. The molecule has 2 amide bonds. The summed E-state index contributed by atoms with van der Waals surface area (Å²) >= 11 is 5.82. The number of carbonyl (C=O) groups excluding carboxylic acids is 2. The van der Waals surface area contributed by atoms with Gasteiger partial charge in [-0.25, -0.2) is 0 Å². The molecule has 1 aliphatic carbocycles. The van der Waals surface area contributed by atoms with E-state index in [2.05, 4.69) is 21.5 Å². The van der Waals surface area contributed by atoms with Crippen molar-refractivity contribution < 1.29 is 9.59 Å². The Morgan fingerprint density at radius 3 is 2.80 bits per heavy atom. The highest BCUT2D eigenvalue weighted by molar-refractivity contribution is 6.30. The lowest BCUT2D eigenvalue weighted by molar-refractivity contribution is -0.127. The van der Waals surface area contributed by atoms with Crippen molar-refractivity contribution in [3.8, 4) is 0 Å². The maximum atomic E-state index is 12.4. The predicted octanol–water partition coefficient (Wildman–Crippen LogP) is 2.07. The average Bonchev–Trinajstić information content (AvgIpc) is 3.09. The van der Waals surface area contributed by atoms with Gasteiger partial charge in [-0.3, -0.25) is 20.4 Å². The van der Waals surface area contributed by atoms with Crippen LogP contribution in [0.25, 0.3) is 0 Å². The van der Waals surface area contributed by atoms with Gasteiger partial charge in [-0.05, 0) is 49.4 Å². The number of benzene rings is 1. The molecule has 3 atom stereocenters. The lowest BCUT2D eigenvalue weighted by Gasteiger charge is -2.31. The standard InChI is InChI=1S/C18H25ClN4O2/c19-13-6-8-14(9-7-13)22-16(24)5-2-10-20-18(25)15-4-1-3-12-11-21-23-17(12)15/h6-9,12,15,17,21,23H,1-5,10-11H2,(H,20,25)(H,22,24). The Hall–Kier alpha value is -1.63. The third-order valence-electron chi connectivity index (χ3n) is 5.01. The van der Waals surface area contributed by atoms with Gasteiger partial charge >= 0.3 is 0 Å². The molecule has 25 heavy (non-hydrogen) atoms. The first-order valence-electron chi connectivity index (χ1n) is 8.95. The molecule has 1 saturated carbocycles. The van der Waals surface area contributed by atoms with Crippen molar-refractivity contribution in [2.45, 2.75) is 38.1 Å². The van der Waals surface area contributed by atoms with Crippen LogP contribution in [0.2, 0.25) is 5.02 Å². The smallest absolute Gasteiger partial charge is 0.224 e. The van der Waals surface area contributed by atoms with Gasteiger partial charge in [0, 0.05) is 36.3 Å². The van der Waals surface area contributed by atoms with E-state index in [1.54, 1.807) is 24.3 Å². The second-order valence-corrected chi connectivity index (χ2v) is 7.23. The zero-order valence-corrected chi connectivity index (χ0v) is 14.9. The number of hydrogen-bond acceptors (Lipinski definition) is 4. The van der Waals surface area contributed by atoms with E-state index in [0.29, 0.717) is 30.3 Å². The van der Waals surface area contributed by atoms with Crippen molar-refractivity contribution in [3.63, 3.8) is 0 Å². The Labute approximate surface area is 153 Å². The van der Waals surface area contributed by atoms with Crippen LogP contribution in [0.1, 0.15) is 32.1 Å². The van der Waals surface area contributed by atoms with E-state index in [9.17, 15) is 9.59 Å². The minimum absolute atomic E-state index is 0.0247. The maximum absolute atomic E-state index is 12.4. The molecule has 136 valence electrons. The van der Waals surface area contributed by atoms with Crippen LogP contribution in [0.15, 0.2) is 24.3 Å². The quantitative estimate of drug-likeness (QED) is 0.582. The summed E-state index contributed by atoms with van der Waals surface area (Å²) in [5.74, 6) is 0.617. The summed E-state index contributed by atoms with van der Waals surface area (Å²) in [5, 5.41) is 6.45. The molecule has 4 N–H and O–H groups in total. The summed E-state index contributed by atoms with van der Waals surface area (Å²) in [4.78, 5) is 24.3. The van der Waals surface area contributed by atoms with Gasteiger partial charge in [0.25, 0.3) is 0 Å². The second kappa shape index (κ2) is 8.65. The van der Waals surface area contributed by atoms with Crippen molar-refractivity contribution in [2.24, 2.45) is 11.8 Å². The van der Waals surface area contributed by atoms with Gasteiger partial charge in [0.1, 0.15) is 0 Å². The van der Waals surface area contributed by atoms with Gasteiger partial charge < -0.3 is 10.6 Å². The second-order valence-electron chi connectivity index (χ2n) is 6.80. The van der Waals surface area contributed by atoms with Gasteiger partial charge in [0.05, 0.1) is 5.92 Å². The first-order chi connectivity index (χ1) is 12.1. The van der Waals surface area contributed by atoms with Crippen LogP contribution < -0.4 is 21.5 Å². The Bertz CT molecular complexity index is 608. The molecule has 2 fully saturated rings. The van der Waals surface area contributed by atoms with Gasteiger partial charge in [-0.2, -0.15) is 0 Å². The molecule has 0 bridgehead atoms. The third-order valence-corrected chi connectivity index (χ3v) is 5.26. The van der Waals surface area contributed by atoms with Gasteiger partial charge in [-0.15, -0.1) is 0 Å². The molecule has 3 rings (SSSR count). The van der Waals surface area contributed by atoms with Crippen LogP contribution in [0.5, 0.6) is 0 Å². The zero-order valence-electron chi connectivity index (χ0n) is 14.2. The fourth-order valence-electron chi connectivity index (χ4n) is 3.69. The Morgan fingerprint density at radius 1 is 1.20 bits per heavy atom. The molecule has 1 heterocycles. The van der Waals surface area contributed by atoms with Gasteiger partial charge in [-0.1, -0.05) is 18.0 Å². The number of hydrazine groups is 1. The van der Waals surface area contributed by atoms with Crippen molar-refractivity contribution in [2.75, 3.05) is 18.4 Å². The summed E-state index contributed by atoms with van der Waals surface area (Å²) in [6.45, 7) is 1.47. The molecule has 0 aromatic heterocycles. The van der Waals surface area contributed by atoms with Crippen molar-refractivity contribution in [1.82, 2.24) is 16.2 Å². The van der Waals surface area contributed by atoms with E-state index in [4.69, 9.17) is 11.6 Å². The van der Waals surface area contributed by atoms with E-state index in [0.717, 1.165) is 25.1 Å². The topological polar surface area (TPSA) is 82.3 Å². The number of anilines is 1. The number of carbonyl (C=O) groups is 2. The van der Waals surface area contributed by atoms with Gasteiger partial charge in [0.15, 0.2) is 0 Å². The number of fused-ring (bicyclic) bond motifs is 1. The van der Waals surface area contributed by atoms with Crippen LogP contribution >= 0.6 is 11.6 Å². The van der Waals surface area contributed by atoms with Crippen LogP contribution in [-0.4, -0.2) is 30.9 Å². The molecule has 0 radical (unpaired) electrons. The fraction of sp³-hybridized carbons (Fsp3) is 0.556. The maximum Gasteiger partial charge on any atom is 0.224 e. The Kier molecular flexibility index (Phi) is 6.29. The Morgan fingerprint density at radius 2 is 2.00 bits per heavy atom. The van der Waals surface area contributed by atoms with Crippen LogP contribution in [0, 0.1) is 11.8 Å². The summed E-state index contributed by atoms with van der Waals surface area (Å²) in [5.41, 5.74) is 7.14. The number of nitrogens with one attached hydrogen (secondary N) is 4. The van der Waals surface area contributed by atoms with Crippen molar-refractivity contribution in [3.05, 3.63) is 29.3 Å². The summed E-state index contributed by atoms with van der Waals surface area (Å²) in [6, 6.07) is 7.25. The predicted molar refractivity (Wildman–Crippen MR) is 98.1 cm³/mol. The highest BCUT2D eigenvalue weighted by Crippen LogP contribution is 2.31. The molecule has 3 unspecified atom stereocenters. The summed E-state index contributed by atoms with van der Waals surface area (Å²) < 4.78 is 0. The zero-order chi connectivity index (χ0) is 17.6. The van der Waals surface area contributed by atoms with Crippen molar-refractivity contribution >= 4 is 29.1 Å². The highest BCUT2D eigenvalue weighted by Gasteiger charge is 2.39. The van der Waals surface area contributed by atoms with E-state index < -0.39 is 0 Å². The van der Waals surface area contributed by atoms with E-state index in [1.165, 1.54) is 6.42 Å². The molecule has 1 aliphatic heterocycles. The first-order valence-corrected chi connectivity index (χ1v) is 9.33. The minimum atomic E-state index is -0.0593. The fourth-order valence-corrected chi connectivity index (χ4v) is 3.81. The van der Waals surface area contributed by atoms with Gasteiger partial charge in [0.2, 0.25) is 11.8 Å². The van der Waals surface area contributed by atoms with Crippen LogP contribution in [0.3, 0.4) is 0 Å². The molecule has 1 aromatic rings. The van der Waals surface area contributed by atoms with Crippen LogP contribution in [0.4, 0.5) is 5.69 Å². The third kappa shape index (κ3) is 4.93. The summed E-state index contributed by atoms with van der Waals surface area (Å²) in [6.07, 6.45) is 4.21. The molecule has 1 aromatic carbocycles. The molecule has 6 nitrogen and oxygen atoms in total. The lowest BCUT2D eigenvalue weighted by Crippen LogP contribution is -2.48. The number of halogens is 1. The molecule has 1 saturated heterocycles. The van der Waals surface area contributed by atoms with Crippen LogP contribution in [-0.2, 0) is 9.59 Å². The monoisotopic (exact) mass is 364 g/mol. The van der Waals surface area contributed by atoms with E-state index >= 15 is 0 Å². The number of rotatable bonds is 6. The molecule has 7 heteroatoms. The lowest BCUT2D eigenvalue weighted by atomic mass is 9.77.